The smallest absolute Gasteiger partial charge is 0.0344 e. The van der Waals surface area contributed by atoms with E-state index in [0.29, 0.717) is 0 Å². The summed E-state index contributed by atoms with van der Waals surface area (Å²) in [4.78, 5) is 0. The zero-order chi connectivity index (χ0) is 8.39. The molecule has 1 aliphatic carbocycles. The maximum absolute atomic E-state index is 3.52. The predicted octanol–water partition coefficient (Wildman–Crippen LogP) is 2.96. The van der Waals surface area contributed by atoms with Gasteiger partial charge in [0.15, 0.2) is 0 Å². The van der Waals surface area contributed by atoms with Crippen LogP contribution in [0.15, 0.2) is 24.3 Å². The number of aryl methyl sites for hydroxylation is 1. The van der Waals surface area contributed by atoms with Crippen molar-refractivity contribution < 1.29 is 0 Å². The molecule has 1 saturated carbocycles. The third-order valence-electron chi connectivity index (χ3n) is 2.49. The first-order valence-electron chi connectivity index (χ1n) is 4.68. The Morgan fingerprint density at radius 1 is 1.33 bits per heavy atom. The number of nitrogens with one attached hydrogen (secondary N) is 1. The summed E-state index contributed by atoms with van der Waals surface area (Å²) in [6.07, 6.45) is 4.07. The second-order valence-electron chi connectivity index (χ2n) is 3.64. The van der Waals surface area contributed by atoms with Crippen LogP contribution in [0.1, 0.15) is 24.8 Å². The molecule has 0 spiro atoms. The fraction of sp³-hybridized carbons (Fsp3) is 0.455. The second-order valence-corrected chi connectivity index (χ2v) is 3.64. The summed E-state index contributed by atoms with van der Waals surface area (Å²) in [7, 11) is 0. The molecule has 1 aromatic carbocycles. The minimum atomic E-state index is 0.742. The summed E-state index contributed by atoms with van der Waals surface area (Å²) in [5.74, 6) is 0. The van der Waals surface area contributed by atoms with Crippen molar-refractivity contribution in [1.82, 2.24) is 0 Å². The molecule has 2 rings (SSSR count). The Bertz CT molecular complexity index is 263. The van der Waals surface area contributed by atoms with Crippen molar-refractivity contribution in [2.45, 2.75) is 32.2 Å². The summed E-state index contributed by atoms with van der Waals surface area (Å²) in [5.41, 5.74) is 2.61. The van der Waals surface area contributed by atoms with Crippen molar-refractivity contribution in [3.05, 3.63) is 29.8 Å². The Morgan fingerprint density at radius 2 is 2.17 bits per heavy atom. The van der Waals surface area contributed by atoms with Gasteiger partial charge in [0.1, 0.15) is 0 Å². The van der Waals surface area contributed by atoms with E-state index in [1.807, 2.05) is 0 Å². The molecule has 12 heavy (non-hydrogen) atoms. The van der Waals surface area contributed by atoms with Gasteiger partial charge in [-0.15, -0.1) is 0 Å². The molecule has 1 aliphatic rings. The Balaban J connectivity index is 2.02. The number of benzene rings is 1. The lowest BCUT2D eigenvalue weighted by molar-refractivity contribution is 0.445. The first-order chi connectivity index (χ1) is 5.84. The number of rotatable bonds is 2. The highest BCUT2D eigenvalue weighted by molar-refractivity contribution is 5.46. The Hall–Kier alpha value is -0.980. The van der Waals surface area contributed by atoms with Crippen LogP contribution < -0.4 is 5.32 Å². The Morgan fingerprint density at radius 3 is 2.75 bits per heavy atom. The molecule has 0 atom stereocenters. The van der Waals surface area contributed by atoms with Gasteiger partial charge in [0, 0.05) is 11.7 Å². The van der Waals surface area contributed by atoms with Crippen LogP contribution in [-0.2, 0) is 0 Å². The number of hydrogen-bond acceptors (Lipinski definition) is 1. The quantitative estimate of drug-likeness (QED) is 0.703. The molecule has 0 bridgehead atoms. The molecule has 1 nitrogen and oxygen atoms in total. The van der Waals surface area contributed by atoms with Gasteiger partial charge < -0.3 is 5.32 Å². The van der Waals surface area contributed by atoms with Crippen LogP contribution >= 0.6 is 0 Å². The molecule has 64 valence electrons. The van der Waals surface area contributed by atoms with Crippen LogP contribution in [-0.4, -0.2) is 6.04 Å². The first kappa shape index (κ1) is 7.66. The maximum Gasteiger partial charge on any atom is 0.0344 e. The lowest BCUT2D eigenvalue weighted by Crippen LogP contribution is -2.26. The zero-order valence-electron chi connectivity index (χ0n) is 7.51. The summed E-state index contributed by atoms with van der Waals surface area (Å²) in [6, 6.07) is 9.33. The van der Waals surface area contributed by atoms with Crippen LogP contribution in [0.4, 0.5) is 5.69 Å². The molecule has 0 amide bonds. The minimum absolute atomic E-state index is 0.742. The van der Waals surface area contributed by atoms with E-state index in [2.05, 4.69) is 36.5 Å². The topological polar surface area (TPSA) is 12.0 Å². The largest absolute Gasteiger partial charge is 0.382 e. The molecule has 0 unspecified atom stereocenters. The average molecular weight is 161 g/mol. The molecule has 1 heteroatoms. The van der Waals surface area contributed by atoms with Gasteiger partial charge in [-0.2, -0.15) is 0 Å². The van der Waals surface area contributed by atoms with Crippen LogP contribution in [0.5, 0.6) is 0 Å². The van der Waals surface area contributed by atoms with Gasteiger partial charge in [0.05, 0.1) is 0 Å². The average Bonchev–Trinajstić information content (AvgIpc) is 1.97. The van der Waals surface area contributed by atoms with Crippen molar-refractivity contribution in [2.75, 3.05) is 5.32 Å². The van der Waals surface area contributed by atoms with Crippen LogP contribution in [0.2, 0.25) is 0 Å². The molecule has 0 saturated heterocycles. The highest BCUT2D eigenvalue weighted by Gasteiger charge is 2.16. The van der Waals surface area contributed by atoms with E-state index in [1.165, 1.54) is 30.5 Å². The third-order valence-corrected chi connectivity index (χ3v) is 2.49. The van der Waals surface area contributed by atoms with Crippen molar-refractivity contribution in [3.8, 4) is 0 Å². The van der Waals surface area contributed by atoms with Crippen LogP contribution in [0, 0.1) is 6.92 Å². The van der Waals surface area contributed by atoms with Gasteiger partial charge >= 0.3 is 0 Å². The van der Waals surface area contributed by atoms with Gasteiger partial charge in [-0.1, -0.05) is 12.1 Å². The molecule has 0 radical (unpaired) electrons. The molecular formula is C11H15N. The van der Waals surface area contributed by atoms with Crippen LogP contribution in [0.25, 0.3) is 0 Å². The van der Waals surface area contributed by atoms with Crippen molar-refractivity contribution in [3.63, 3.8) is 0 Å². The molecule has 0 aromatic heterocycles. The standard InChI is InChI=1S/C11H15N/c1-9-4-2-7-11(8-9)12-10-5-3-6-10/h2,4,7-8,10,12H,3,5-6H2,1H3. The SMILES string of the molecule is Cc1cccc(NC2CCC2)c1. The van der Waals surface area contributed by atoms with Crippen molar-refractivity contribution in [1.29, 1.82) is 0 Å². The highest BCUT2D eigenvalue weighted by atomic mass is 14.9. The van der Waals surface area contributed by atoms with Gasteiger partial charge in [-0.25, -0.2) is 0 Å². The Kier molecular flexibility index (Phi) is 2.03. The fourth-order valence-corrected chi connectivity index (χ4v) is 1.52. The molecule has 0 aliphatic heterocycles. The predicted molar refractivity (Wildman–Crippen MR) is 52.4 cm³/mol. The molecule has 0 heterocycles. The summed E-state index contributed by atoms with van der Waals surface area (Å²) in [5, 5.41) is 3.52. The molecule has 1 N–H and O–H groups in total. The maximum atomic E-state index is 3.52. The zero-order valence-corrected chi connectivity index (χ0v) is 7.51. The monoisotopic (exact) mass is 161 g/mol. The van der Waals surface area contributed by atoms with Crippen LogP contribution in [0.3, 0.4) is 0 Å². The number of anilines is 1. The lowest BCUT2D eigenvalue weighted by atomic mass is 9.93. The molecule has 1 aromatic rings. The second kappa shape index (κ2) is 3.18. The molecular weight excluding hydrogens is 146 g/mol. The summed E-state index contributed by atoms with van der Waals surface area (Å²) >= 11 is 0. The first-order valence-corrected chi connectivity index (χ1v) is 4.68. The van der Waals surface area contributed by atoms with E-state index in [-0.39, 0.29) is 0 Å². The van der Waals surface area contributed by atoms with Gasteiger partial charge in [-0.3, -0.25) is 0 Å². The van der Waals surface area contributed by atoms with E-state index in [1.54, 1.807) is 0 Å². The van der Waals surface area contributed by atoms with Crippen molar-refractivity contribution in [2.24, 2.45) is 0 Å². The fourth-order valence-electron chi connectivity index (χ4n) is 1.52. The van der Waals surface area contributed by atoms with E-state index in [9.17, 15) is 0 Å². The normalized spacial score (nSPS) is 17.1. The van der Waals surface area contributed by atoms with Gasteiger partial charge in [-0.05, 0) is 43.9 Å². The van der Waals surface area contributed by atoms with Gasteiger partial charge in [0.2, 0.25) is 0 Å². The lowest BCUT2D eigenvalue weighted by Gasteiger charge is -2.27. The van der Waals surface area contributed by atoms with E-state index in [0.717, 1.165) is 6.04 Å². The van der Waals surface area contributed by atoms with Gasteiger partial charge in [0.25, 0.3) is 0 Å². The summed E-state index contributed by atoms with van der Waals surface area (Å²) < 4.78 is 0. The van der Waals surface area contributed by atoms with E-state index in [4.69, 9.17) is 0 Å². The molecule has 1 fully saturated rings. The Labute approximate surface area is 73.8 Å². The van der Waals surface area contributed by atoms with Crippen molar-refractivity contribution >= 4 is 5.69 Å². The summed E-state index contributed by atoms with van der Waals surface area (Å²) in [6.45, 7) is 2.13. The highest BCUT2D eigenvalue weighted by Crippen LogP contribution is 2.23. The van der Waals surface area contributed by atoms with E-state index < -0.39 is 0 Å². The minimum Gasteiger partial charge on any atom is -0.382 e. The number of hydrogen-bond donors (Lipinski definition) is 1. The third kappa shape index (κ3) is 1.60. The van der Waals surface area contributed by atoms with E-state index >= 15 is 0 Å².